The number of ether oxygens (including phenoxy) is 1. The minimum Gasteiger partial charge on any atom is -0.375 e. The summed E-state index contributed by atoms with van der Waals surface area (Å²) in [6.45, 7) is 3.13. The molecular formula is C16H23NO. The molecule has 4 unspecified atom stereocenters. The minimum atomic E-state index is 0.452. The Bertz CT molecular complexity index is 378. The Hall–Kier alpha value is -0.860. The number of hydrogen-bond donors (Lipinski definition) is 1. The van der Waals surface area contributed by atoms with E-state index in [4.69, 9.17) is 4.74 Å². The Morgan fingerprint density at radius 2 is 2.06 bits per heavy atom. The fourth-order valence-corrected chi connectivity index (χ4v) is 3.37. The molecule has 3 rings (SSSR count). The van der Waals surface area contributed by atoms with E-state index in [-0.39, 0.29) is 0 Å². The van der Waals surface area contributed by atoms with E-state index < -0.39 is 0 Å². The Morgan fingerprint density at radius 3 is 2.83 bits per heavy atom. The van der Waals surface area contributed by atoms with E-state index in [1.54, 1.807) is 0 Å². The van der Waals surface area contributed by atoms with Gasteiger partial charge in [0.15, 0.2) is 0 Å². The van der Waals surface area contributed by atoms with Crippen LogP contribution in [0.5, 0.6) is 0 Å². The summed E-state index contributed by atoms with van der Waals surface area (Å²) in [5, 5.41) is 3.78. The molecule has 18 heavy (non-hydrogen) atoms. The highest BCUT2D eigenvalue weighted by atomic mass is 16.5. The second kappa shape index (κ2) is 5.41. The van der Waals surface area contributed by atoms with Crippen LogP contribution in [0.15, 0.2) is 30.3 Å². The highest BCUT2D eigenvalue weighted by Crippen LogP contribution is 2.35. The zero-order valence-electron chi connectivity index (χ0n) is 11.1. The number of rotatable bonds is 2. The molecule has 2 aliphatic rings. The van der Waals surface area contributed by atoms with Crippen molar-refractivity contribution in [1.29, 1.82) is 0 Å². The third kappa shape index (κ3) is 2.45. The summed E-state index contributed by atoms with van der Waals surface area (Å²) < 4.78 is 6.01. The van der Waals surface area contributed by atoms with Gasteiger partial charge in [0.05, 0.1) is 12.7 Å². The van der Waals surface area contributed by atoms with Gasteiger partial charge in [-0.3, -0.25) is 0 Å². The molecule has 1 aromatic carbocycles. The van der Waals surface area contributed by atoms with Crippen LogP contribution in [0.1, 0.15) is 44.1 Å². The van der Waals surface area contributed by atoms with Gasteiger partial charge in [-0.2, -0.15) is 0 Å². The van der Waals surface area contributed by atoms with Gasteiger partial charge in [0.2, 0.25) is 0 Å². The van der Waals surface area contributed by atoms with Gasteiger partial charge in [0.1, 0.15) is 0 Å². The lowest BCUT2D eigenvalue weighted by Crippen LogP contribution is -2.55. The topological polar surface area (TPSA) is 21.3 Å². The number of morpholine rings is 1. The van der Waals surface area contributed by atoms with Crippen LogP contribution in [0.25, 0.3) is 0 Å². The fourth-order valence-electron chi connectivity index (χ4n) is 3.37. The van der Waals surface area contributed by atoms with Gasteiger partial charge in [-0.05, 0) is 37.2 Å². The molecule has 1 aliphatic heterocycles. The molecule has 0 amide bonds. The normalized spacial score (nSPS) is 36.1. The smallest absolute Gasteiger partial charge is 0.0729 e. The molecule has 1 N–H and O–H groups in total. The molecule has 0 bridgehead atoms. The van der Waals surface area contributed by atoms with Crippen molar-refractivity contribution < 1.29 is 4.74 Å². The molecule has 4 atom stereocenters. The summed E-state index contributed by atoms with van der Waals surface area (Å²) in [5.41, 5.74) is 1.50. The van der Waals surface area contributed by atoms with E-state index in [9.17, 15) is 0 Å². The van der Waals surface area contributed by atoms with Gasteiger partial charge < -0.3 is 10.1 Å². The predicted molar refractivity (Wildman–Crippen MR) is 73.8 cm³/mol. The van der Waals surface area contributed by atoms with Gasteiger partial charge in [-0.1, -0.05) is 37.3 Å². The van der Waals surface area contributed by atoms with E-state index in [1.807, 2.05) is 0 Å². The van der Waals surface area contributed by atoms with E-state index in [0.29, 0.717) is 24.1 Å². The quantitative estimate of drug-likeness (QED) is 0.864. The summed E-state index contributed by atoms with van der Waals surface area (Å²) in [5.74, 6) is 0.708. The number of nitrogens with one attached hydrogen (secondary N) is 1. The molecule has 0 aromatic heterocycles. The molecule has 2 fully saturated rings. The Labute approximate surface area is 110 Å². The van der Waals surface area contributed by atoms with Crippen LogP contribution >= 0.6 is 0 Å². The highest BCUT2D eigenvalue weighted by molar-refractivity contribution is 5.21. The zero-order chi connectivity index (χ0) is 12.4. The van der Waals surface area contributed by atoms with Crippen molar-refractivity contribution in [2.45, 2.75) is 56.7 Å². The molecule has 2 nitrogen and oxygen atoms in total. The molecule has 0 radical (unpaired) electrons. The maximum atomic E-state index is 6.01. The van der Waals surface area contributed by atoms with Crippen molar-refractivity contribution in [1.82, 2.24) is 5.32 Å². The standard InChI is InChI=1S/C16H23NO/c1-2-14-11-18-16-9-8-13(10-15(16)17-14)12-6-4-3-5-7-12/h3-7,13-17H,2,8-11H2,1H3. The number of benzene rings is 1. The second-order valence-electron chi connectivity index (χ2n) is 5.67. The Morgan fingerprint density at radius 1 is 1.22 bits per heavy atom. The van der Waals surface area contributed by atoms with E-state index >= 15 is 0 Å². The molecule has 1 saturated heterocycles. The van der Waals surface area contributed by atoms with Gasteiger partial charge in [0, 0.05) is 12.1 Å². The number of fused-ring (bicyclic) bond motifs is 1. The lowest BCUT2D eigenvalue weighted by atomic mass is 9.79. The average molecular weight is 245 g/mol. The van der Waals surface area contributed by atoms with Crippen molar-refractivity contribution >= 4 is 0 Å². The zero-order valence-corrected chi connectivity index (χ0v) is 11.1. The average Bonchev–Trinajstić information content (AvgIpc) is 2.47. The lowest BCUT2D eigenvalue weighted by molar-refractivity contribution is -0.0493. The minimum absolute atomic E-state index is 0.452. The molecule has 1 aliphatic carbocycles. The summed E-state index contributed by atoms with van der Waals surface area (Å²) in [4.78, 5) is 0. The molecule has 2 heteroatoms. The van der Waals surface area contributed by atoms with Gasteiger partial charge in [-0.25, -0.2) is 0 Å². The fraction of sp³-hybridized carbons (Fsp3) is 0.625. The van der Waals surface area contributed by atoms with Crippen LogP contribution in [-0.2, 0) is 4.74 Å². The summed E-state index contributed by atoms with van der Waals surface area (Å²) in [6.07, 6.45) is 5.31. The first-order valence-electron chi connectivity index (χ1n) is 7.29. The first kappa shape index (κ1) is 12.2. The van der Waals surface area contributed by atoms with E-state index in [0.717, 1.165) is 6.61 Å². The van der Waals surface area contributed by atoms with Crippen LogP contribution in [0.3, 0.4) is 0 Å². The van der Waals surface area contributed by atoms with E-state index in [1.165, 1.54) is 31.2 Å². The molecule has 98 valence electrons. The first-order chi connectivity index (χ1) is 8.86. The summed E-state index contributed by atoms with van der Waals surface area (Å²) in [6, 6.07) is 12.1. The first-order valence-corrected chi connectivity index (χ1v) is 7.29. The Balaban J connectivity index is 1.68. The van der Waals surface area contributed by atoms with Gasteiger partial charge in [0.25, 0.3) is 0 Å². The SMILES string of the molecule is CCC1COC2CCC(c3ccccc3)CC2N1. The predicted octanol–water partition coefficient (Wildman–Crippen LogP) is 3.09. The van der Waals surface area contributed by atoms with Crippen molar-refractivity contribution in [2.75, 3.05) is 6.61 Å². The van der Waals surface area contributed by atoms with Crippen molar-refractivity contribution in [3.63, 3.8) is 0 Å². The maximum absolute atomic E-state index is 6.01. The van der Waals surface area contributed by atoms with E-state index in [2.05, 4.69) is 42.6 Å². The number of hydrogen-bond acceptors (Lipinski definition) is 2. The second-order valence-corrected chi connectivity index (χ2v) is 5.67. The third-order valence-electron chi connectivity index (χ3n) is 4.51. The van der Waals surface area contributed by atoms with Crippen LogP contribution < -0.4 is 5.32 Å². The van der Waals surface area contributed by atoms with Gasteiger partial charge >= 0.3 is 0 Å². The van der Waals surface area contributed by atoms with Gasteiger partial charge in [-0.15, -0.1) is 0 Å². The van der Waals surface area contributed by atoms with Crippen molar-refractivity contribution in [2.24, 2.45) is 0 Å². The van der Waals surface area contributed by atoms with Crippen molar-refractivity contribution in [3.05, 3.63) is 35.9 Å². The maximum Gasteiger partial charge on any atom is 0.0729 e. The third-order valence-corrected chi connectivity index (χ3v) is 4.51. The molecule has 1 aromatic rings. The largest absolute Gasteiger partial charge is 0.375 e. The summed E-state index contributed by atoms with van der Waals surface area (Å²) >= 11 is 0. The van der Waals surface area contributed by atoms with Crippen LogP contribution in [0.2, 0.25) is 0 Å². The molecule has 1 heterocycles. The lowest BCUT2D eigenvalue weighted by Gasteiger charge is -2.43. The Kier molecular flexibility index (Phi) is 3.67. The highest BCUT2D eigenvalue weighted by Gasteiger charge is 2.35. The van der Waals surface area contributed by atoms with Crippen LogP contribution in [0, 0.1) is 0 Å². The van der Waals surface area contributed by atoms with Crippen molar-refractivity contribution in [3.8, 4) is 0 Å². The molecular weight excluding hydrogens is 222 g/mol. The molecule has 0 spiro atoms. The monoisotopic (exact) mass is 245 g/mol. The van der Waals surface area contributed by atoms with Crippen LogP contribution in [0.4, 0.5) is 0 Å². The summed E-state index contributed by atoms with van der Waals surface area (Å²) in [7, 11) is 0. The van der Waals surface area contributed by atoms with Crippen LogP contribution in [-0.4, -0.2) is 24.8 Å². The molecule has 1 saturated carbocycles.